The van der Waals surface area contributed by atoms with Gasteiger partial charge < -0.3 is 42.3 Å². The Morgan fingerprint density at radius 3 is 1.83 bits per heavy atom. The lowest BCUT2D eigenvalue weighted by molar-refractivity contribution is -0.149. The molecule has 0 aliphatic carbocycles. The smallest absolute Gasteiger partial charge is 0.332 e. The summed E-state index contributed by atoms with van der Waals surface area (Å²) in [6.07, 6.45) is 0.426. The summed E-state index contributed by atoms with van der Waals surface area (Å²) in [5.74, 6) is -6.53. The second kappa shape index (κ2) is 18.5. The molecule has 4 amide bonds. The Labute approximate surface area is 236 Å². The van der Waals surface area contributed by atoms with E-state index in [0.717, 1.165) is 5.56 Å². The maximum atomic E-state index is 13.0. The molecule has 0 aliphatic heterocycles. The number of carboxylic acids is 3. The van der Waals surface area contributed by atoms with Gasteiger partial charge in [0.15, 0.2) is 0 Å². The highest BCUT2D eigenvalue weighted by Gasteiger charge is 2.28. The van der Waals surface area contributed by atoms with Gasteiger partial charge in [0, 0.05) is 12.0 Å². The Hall–Kier alpha value is -4.79. The largest absolute Gasteiger partial charge is 0.480 e. The number of hydrogen-bond acceptors (Lipinski definition) is 8. The first-order valence-electron chi connectivity index (χ1n) is 12.3. The third-order valence-corrected chi connectivity index (χ3v) is 5.02. The quantitative estimate of drug-likeness (QED) is 0.0887. The minimum Gasteiger partial charge on any atom is -0.480 e. The van der Waals surface area contributed by atoms with Crippen LogP contribution in [0.3, 0.4) is 0 Å². The number of rotatable bonds is 15. The van der Waals surface area contributed by atoms with E-state index in [1.807, 2.05) is 19.9 Å². The van der Waals surface area contributed by atoms with Crippen LogP contribution in [-0.4, -0.2) is 88.1 Å². The molecule has 226 valence electrons. The van der Waals surface area contributed by atoms with Gasteiger partial charge in [0.25, 0.3) is 0 Å². The molecule has 2 atom stereocenters. The molecule has 0 saturated carbocycles. The first-order chi connectivity index (χ1) is 19.0. The van der Waals surface area contributed by atoms with Crippen molar-refractivity contribution in [3.63, 3.8) is 0 Å². The molecule has 0 bridgehead atoms. The van der Waals surface area contributed by atoms with E-state index in [4.69, 9.17) is 15.3 Å². The van der Waals surface area contributed by atoms with E-state index in [2.05, 4.69) is 33.6 Å². The number of nitrogens with one attached hydrogen (secondary N) is 4. The zero-order valence-electron chi connectivity index (χ0n) is 23.0. The molecule has 0 radical (unpaired) electrons. The standard InChI is InChI=1S/C23H32N4O6.C3H5NO4/c1-14(2)10-17(22(32)25-13-20(29)30)27-23(33)18(11-16-8-6-5-7-9-16)26-19(28)12-24-21(31)15(3)4;4-1(2(5)6)3(7)8/h5-9,14,17-18H,3,10-13H2,1-2,4H3,(H,24,31)(H,25,32)(H,26,28)(H,27,33)(H,29,30);1H,4H2,(H,5,6)(H,7,8)/t17-,18-;/m0./s1. The second-order valence-corrected chi connectivity index (χ2v) is 9.23. The SMILES string of the molecule is C=C(C)C(=O)NCC(=O)N[C@@H](Cc1ccccc1)C(=O)N[C@@H](CC(C)C)C(=O)NCC(=O)O.NC(C(=O)O)C(=O)O. The number of benzene rings is 1. The summed E-state index contributed by atoms with van der Waals surface area (Å²) in [4.78, 5) is 79.5. The van der Waals surface area contributed by atoms with Crippen LogP contribution in [0.1, 0.15) is 32.8 Å². The maximum Gasteiger partial charge on any atom is 0.332 e. The fourth-order valence-corrected chi connectivity index (χ4v) is 2.98. The van der Waals surface area contributed by atoms with Crippen molar-refractivity contribution in [2.45, 2.75) is 51.7 Å². The molecule has 1 aromatic carbocycles. The number of carbonyl (C=O) groups is 7. The van der Waals surface area contributed by atoms with Crippen molar-refractivity contribution in [2.24, 2.45) is 11.7 Å². The molecule has 0 aliphatic rings. The Kier molecular flexibility index (Phi) is 16.3. The van der Waals surface area contributed by atoms with Crippen LogP contribution in [-0.2, 0) is 40.0 Å². The lowest BCUT2D eigenvalue weighted by atomic mass is 10.0. The molecule has 0 saturated heterocycles. The molecule has 0 unspecified atom stereocenters. The van der Waals surface area contributed by atoms with E-state index in [1.165, 1.54) is 6.92 Å². The average molecular weight is 580 g/mol. The number of carbonyl (C=O) groups excluding carboxylic acids is 4. The normalized spacial score (nSPS) is 11.7. The van der Waals surface area contributed by atoms with Crippen molar-refractivity contribution in [3.05, 3.63) is 48.0 Å². The highest BCUT2D eigenvalue weighted by Crippen LogP contribution is 2.08. The van der Waals surface area contributed by atoms with Crippen molar-refractivity contribution < 1.29 is 48.9 Å². The van der Waals surface area contributed by atoms with Gasteiger partial charge in [-0.3, -0.25) is 24.0 Å². The van der Waals surface area contributed by atoms with Crippen LogP contribution in [0.15, 0.2) is 42.5 Å². The van der Waals surface area contributed by atoms with E-state index in [-0.39, 0.29) is 30.9 Å². The first-order valence-corrected chi connectivity index (χ1v) is 12.3. The number of hydrogen-bond donors (Lipinski definition) is 8. The van der Waals surface area contributed by atoms with Crippen molar-refractivity contribution in [3.8, 4) is 0 Å². The van der Waals surface area contributed by atoms with Gasteiger partial charge in [-0.2, -0.15) is 0 Å². The fourth-order valence-electron chi connectivity index (χ4n) is 2.98. The van der Waals surface area contributed by atoms with Gasteiger partial charge in [0.1, 0.15) is 18.6 Å². The molecular weight excluding hydrogens is 542 g/mol. The van der Waals surface area contributed by atoms with E-state index >= 15 is 0 Å². The van der Waals surface area contributed by atoms with Crippen molar-refractivity contribution >= 4 is 41.5 Å². The Balaban J connectivity index is 0.00000173. The number of amides is 4. The van der Waals surface area contributed by atoms with Gasteiger partial charge in [-0.1, -0.05) is 50.8 Å². The van der Waals surface area contributed by atoms with E-state index in [9.17, 15) is 33.6 Å². The predicted octanol–water partition coefficient (Wildman–Crippen LogP) is -1.38. The first kappa shape index (κ1) is 36.2. The van der Waals surface area contributed by atoms with E-state index < -0.39 is 66.2 Å². The van der Waals surface area contributed by atoms with Crippen LogP contribution in [0, 0.1) is 5.92 Å². The number of aliphatic carboxylic acids is 3. The summed E-state index contributed by atoms with van der Waals surface area (Å²) in [5.41, 5.74) is 5.58. The molecule has 0 fully saturated rings. The molecule has 41 heavy (non-hydrogen) atoms. The molecule has 1 rings (SSSR count). The molecular formula is C26H37N5O10. The number of nitrogens with two attached hydrogens (primary N) is 1. The Morgan fingerprint density at radius 2 is 1.39 bits per heavy atom. The van der Waals surface area contributed by atoms with Crippen LogP contribution >= 0.6 is 0 Å². The van der Waals surface area contributed by atoms with Crippen LogP contribution in [0.2, 0.25) is 0 Å². The Bertz CT molecular complexity index is 1090. The third-order valence-electron chi connectivity index (χ3n) is 5.02. The summed E-state index contributed by atoms with van der Waals surface area (Å²) in [7, 11) is 0. The minimum atomic E-state index is -1.80. The van der Waals surface area contributed by atoms with Gasteiger partial charge in [-0.15, -0.1) is 0 Å². The molecule has 15 nitrogen and oxygen atoms in total. The zero-order valence-corrected chi connectivity index (χ0v) is 23.0. The predicted molar refractivity (Wildman–Crippen MR) is 145 cm³/mol. The van der Waals surface area contributed by atoms with Crippen LogP contribution < -0.4 is 27.0 Å². The van der Waals surface area contributed by atoms with Gasteiger partial charge in [-0.05, 0) is 24.8 Å². The molecule has 9 N–H and O–H groups in total. The lowest BCUT2D eigenvalue weighted by Gasteiger charge is -2.24. The highest BCUT2D eigenvalue weighted by molar-refractivity contribution is 5.97. The third kappa shape index (κ3) is 16.0. The average Bonchev–Trinajstić information content (AvgIpc) is 2.89. The van der Waals surface area contributed by atoms with Gasteiger partial charge in [-0.25, -0.2) is 9.59 Å². The van der Waals surface area contributed by atoms with Crippen molar-refractivity contribution in [2.75, 3.05) is 13.1 Å². The minimum absolute atomic E-state index is 0.0328. The second-order valence-electron chi connectivity index (χ2n) is 9.23. The molecule has 0 aromatic heterocycles. The molecule has 0 heterocycles. The van der Waals surface area contributed by atoms with Gasteiger partial charge >= 0.3 is 17.9 Å². The zero-order chi connectivity index (χ0) is 31.7. The van der Waals surface area contributed by atoms with Crippen LogP contribution in [0.4, 0.5) is 0 Å². The van der Waals surface area contributed by atoms with Crippen LogP contribution in [0.25, 0.3) is 0 Å². The Morgan fingerprint density at radius 1 is 0.829 bits per heavy atom. The summed E-state index contributed by atoms with van der Waals surface area (Å²) in [6, 6.07) is 5.19. The fraction of sp³-hybridized carbons (Fsp3) is 0.423. The maximum absolute atomic E-state index is 13.0. The summed E-state index contributed by atoms with van der Waals surface area (Å²) in [6.45, 7) is 7.79. The summed E-state index contributed by atoms with van der Waals surface area (Å²) < 4.78 is 0. The van der Waals surface area contributed by atoms with Gasteiger partial charge in [0.2, 0.25) is 29.7 Å². The lowest BCUT2D eigenvalue weighted by Crippen LogP contribution is -2.56. The highest BCUT2D eigenvalue weighted by atomic mass is 16.4. The topological polar surface area (TPSA) is 254 Å². The molecule has 15 heteroatoms. The molecule has 1 aromatic rings. The number of carboxylic acid groups (broad SMARTS) is 3. The van der Waals surface area contributed by atoms with Gasteiger partial charge in [0.05, 0.1) is 6.54 Å². The monoisotopic (exact) mass is 579 g/mol. The van der Waals surface area contributed by atoms with Crippen LogP contribution in [0.5, 0.6) is 0 Å². The van der Waals surface area contributed by atoms with Crippen molar-refractivity contribution in [1.82, 2.24) is 21.3 Å². The summed E-state index contributed by atoms with van der Waals surface area (Å²) >= 11 is 0. The summed E-state index contributed by atoms with van der Waals surface area (Å²) in [5, 5.41) is 34.4. The van der Waals surface area contributed by atoms with Crippen molar-refractivity contribution in [1.29, 1.82) is 0 Å². The van der Waals surface area contributed by atoms with E-state index in [0.29, 0.717) is 0 Å². The van der Waals surface area contributed by atoms with E-state index in [1.54, 1.807) is 24.3 Å². The molecule has 0 spiro atoms.